The van der Waals surface area contributed by atoms with E-state index < -0.39 is 17.6 Å². The molecule has 2 unspecified atom stereocenters. The lowest BCUT2D eigenvalue weighted by atomic mass is 10.1. The molecule has 0 aromatic carbocycles. The Balaban J connectivity index is 1.82. The molecule has 2 aromatic rings. The lowest BCUT2D eigenvalue weighted by Gasteiger charge is -2.14. The van der Waals surface area contributed by atoms with Crippen LogP contribution in [0.25, 0.3) is 5.65 Å². The number of aromatic nitrogens is 2. The fourth-order valence-electron chi connectivity index (χ4n) is 2.58. The Labute approximate surface area is 127 Å². The van der Waals surface area contributed by atoms with Crippen molar-refractivity contribution in [2.24, 2.45) is 5.92 Å². The van der Waals surface area contributed by atoms with Gasteiger partial charge in [-0.15, -0.1) is 0 Å². The Bertz CT molecular complexity index is 771. The highest BCUT2D eigenvalue weighted by Crippen LogP contribution is 2.07. The highest BCUT2D eigenvalue weighted by atomic mass is 16.3. The Hall–Kier alpha value is -2.25. The van der Waals surface area contributed by atoms with Gasteiger partial charge in [-0.1, -0.05) is 6.07 Å². The summed E-state index contributed by atoms with van der Waals surface area (Å²) in [7, 11) is 0. The number of pyridine rings is 1. The maximum absolute atomic E-state index is 12.4. The van der Waals surface area contributed by atoms with E-state index in [1.54, 1.807) is 12.3 Å². The first-order chi connectivity index (χ1) is 10.6. The topological polar surface area (TPSA) is 95.7 Å². The van der Waals surface area contributed by atoms with Crippen molar-refractivity contribution < 1.29 is 9.90 Å². The molecular formula is C15H18N4O3. The van der Waals surface area contributed by atoms with Crippen molar-refractivity contribution in [1.29, 1.82) is 0 Å². The molecule has 1 fully saturated rings. The average Bonchev–Trinajstić information content (AvgIpc) is 2.91. The first kappa shape index (κ1) is 14.7. The number of carbonyl (C=O) groups excluding carboxylic acids is 1. The molecule has 2 atom stereocenters. The van der Waals surface area contributed by atoms with Gasteiger partial charge < -0.3 is 15.7 Å². The Morgan fingerprint density at radius 3 is 3.05 bits per heavy atom. The maximum atomic E-state index is 12.4. The van der Waals surface area contributed by atoms with Crippen LogP contribution in [0.5, 0.6) is 0 Å². The molecule has 1 aliphatic rings. The zero-order valence-corrected chi connectivity index (χ0v) is 12.2. The van der Waals surface area contributed by atoms with Gasteiger partial charge in [0, 0.05) is 37.9 Å². The van der Waals surface area contributed by atoms with Crippen LogP contribution in [0, 0.1) is 12.8 Å². The second-order valence-electron chi connectivity index (χ2n) is 5.61. The van der Waals surface area contributed by atoms with Gasteiger partial charge in [0.1, 0.15) is 11.2 Å². The minimum Gasteiger partial charge on any atom is -0.391 e. The molecule has 7 nitrogen and oxygen atoms in total. The Morgan fingerprint density at radius 2 is 2.32 bits per heavy atom. The van der Waals surface area contributed by atoms with Crippen molar-refractivity contribution in [2.75, 3.05) is 19.6 Å². The Kier molecular flexibility index (Phi) is 3.91. The molecule has 3 heterocycles. The van der Waals surface area contributed by atoms with E-state index >= 15 is 0 Å². The standard InChI is InChI=1S/C15H18N4O3/c1-9-2-3-13-17-6-11(15(22)19(13)8-9)14(21)18-5-10-4-16-7-12(10)20/h2-3,6,8,10,12,16,20H,4-5,7H2,1H3,(H,18,21). The van der Waals surface area contributed by atoms with Crippen LogP contribution in [0.1, 0.15) is 15.9 Å². The number of β-amino-alcohol motifs (C(OH)–C–C–N with tert-alkyl or cyclic N) is 1. The number of nitrogens with one attached hydrogen (secondary N) is 2. The van der Waals surface area contributed by atoms with Gasteiger partial charge in [-0.2, -0.15) is 0 Å². The van der Waals surface area contributed by atoms with Crippen LogP contribution >= 0.6 is 0 Å². The second-order valence-corrected chi connectivity index (χ2v) is 5.61. The van der Waals surface area contributed by atoms with Crippen molar-refractivity contribution in [3.8, 4) is 0 Å². The summed E-state index contributed by atoms with van der Waals surface area (Å²) in [6.45, 7) is 3.37. The summed E-state index contributed by atoms with van der Waals surface area (Å²) in [5.41, 5.74) is 1.02. The summed E-state index contributed by atoms with van der Waals surface area (Å²) in [6.07, 6.45) is 2.48. The molecule has 0 bridgehead atoms. The van der Waals surface area contributed by atoms with Crippen molar-refractivity contribution >= 4 is 11.6 Å². The number of carbonyl (C=O) groups is 1. The fourth-order valence-corrected chi connectivity index (χ4v) is 2.58. The number of rotatable bonds is 3. The van der Waals surface area contributed by atoms with Crippen LogP contribution in [0.2, 0.25) is 0 Å². The number of hydrogen-bond acceptors (Lipinski definition) is 5. The summed E-state index contributed by atoms with van der Waals surface area (Å²) >= 11 is 0. The van der Waals surface area contributed by atoms with Crippen LogP contribution in [0.4, 0.5) is 0 Å². The zero-order valence-electron chi connectivity index (χ0n) is 12.2. The number of nitrogens with zero attached hydrogens (tertiary/aromatic N) is 2. The van der Waals surface area contributed by atoms with Crippen LogP contribution in [-0.2, 0) is 0 Å². The normalized spacial score (nSPS) is 21.2. The van der Waals surface area contributed by atoms with Gasteiger partial charge in [0.05, 0.1) is 6.10 Å². The predicted octanol–water partition coefficient (Wildman–Crippen LogP) is -0.687. The van der Waals surface area contributed by atoms with Crippen molar-refractivity contribution in [1.82, 2.24) is 20.0 Å². The zero-order chi connectivity index (χ0) is 15.7. The molecule has 1 amide bonds. The van der Waals surface area contributed by atoms with Gasteiger partial charge >= 0.3 is 0 Å². The molecule has 116 valence electrons. The van der Waals surface area contributed by atoms with Crippen molar-refractivity contribution in [3.05, 3.63) is 46.0 Å². The van der Waals surface area contributed by atoms with Gasteiger partial charge in [0.25, 0.3) is 11.5 Å². The van der Waals surface area contributed by atoms with E-state index in [4.69, 9.17) is 0 Å². The molecule has 7 heteroatoms. The van der Waals surface area contributed by atoms with Crippen LogP contribution in [0.3, 0.4) is 0 Å². The van der Waals surface area contributed by atoms with Crippen LogP contribution < -0.4 is 16.2 Å². The Morgan fingerprint density at radius 1 is 1.50 bits per heavy atom. The molecule has 0 spiro atoms. The largest absolute Gasteiger partial charge is 0.391 e. The number of aryl methyl sites for hydroxylation is 1. The summed E-state index contributed by atoms with van der Waals surface area (Å²) in [5.74, 6) is -0.505. The van der Waals surface area contributed by atoms with E-state index in [2.05, 4.69) is 15.6 Å². The molecule has 1 saturated heterocycles. The number of aliphatic hydroxyl groups excluding tert-OH is 1. The molecule has 2 aromatic heterocycles. The molecule has 0 aliphatic carbocycles. The molecule has 22 heavy (non-hydrogen) atoms. The quantitative estimate of drug-likeness (QED) is 0.698. The van der Waals surface area contributed by atoms with E-state index in [0.717, 1.165) is 5.56 Å². The van der Waals surface area contributed by atoms with Crippen LogP contribution in [0.15, 0.2) is 29.3 Å². The summed E-state index contributed by atoms with van der Waals surface area (Å²) in [5, 5.41) is 15.5. The maximum Gasteiger partial charge on any atom is 0.270 e. The SMILES string of the molecule is Cc1ccc2ncc(C(=O)NCC3CNCC3O)c(=O)n2c1. The van der Waals surface area contributed by atoms with Crippen LogP contribution in [-0.4, -0.2) is 46.1 Å². The fraction of sp³-hybridized carbons (Fsp3) is 0.400. The average molecular weight is 302 g/mol. The highest BCUT2D eigenvalue weighted by Gasteiger charge is 2.25. The first-order valence-electron chi connectivity index (χ1n) is 7.21. The lowest BCUT2D eigenvalue weighted by Crippen LogP contribution is -2.37. The lowest BCUT2D eigenvalue weighted by molar-refractivity contribution is 0.0925. The third-order valence-corrected chi connectivity index (χ3v) is 3.92. The highest BCUT2D eigenvalue weighted by molar-refractivity contribution is 5.93. The van der Waals surface area contributed by atoms with Gasteiger partial charge in [0.15, 0.2) is 0 Å². The second kappa shape index (κ2) is 5.86. The smallest absolute Gasteiger partial charge is 0.270 e. The van der Waals surface area contributed by atoms with E-state index in [0.29, 0.717) is 25.3 Å². The third kappa shape index (κ3) is 2.72. The molecule has 3 rings (SSSR count). The molecule has 0 saturated carbocycles. The monoisotopic (exact) mass is 302 g/mol. The minimum atomic E-state index is -0.473. The number of aliphatic hydroxyl groups is 1. The van der Waals surface area contributed by atoms with Crippen molar-refractivity contribution in [2.45, 2.75) is 13.0 Å². The minimum absolute atomic E-state index is 0.00328. The summed E-state index contributed by atoms with van der Waals surface area (Å²) in [4.78, 5) is 28.7. The molecule has 1 aliphatic heterocycles. The summed E-state index contributed by atoms with van der Waals surface area (Å²) in [6, 6.07) is 3.59. The van der Waals surface area contributed by atoms with E-state index in [9.17, 15) is 14.7 Å². The van der Waals surface area contributed by atoms with Crippen molar-refractivity contribution in [3.63, 3.8) is 0 Å². The molecule has 3 N–H and O–H groups in total. The summed E-state index contributed by atoms with van der Waals surface area (Å²) < 4.78 is 1.37. The van der Waals surface area contributed by atoms with Gasteiger partial charge in [-0.3, -0.25) is 14.0 Å². The number of fused-ring (bicyclic) bond motifs is 1. The molecule has 0 radical (unpaired) electrons. The first-order valence-corrected chi connectivity index (χ1v) is 7.21. The van der Waals surface area contributed by atoms with E-state index in [1.807, 2.05) is 13.0 Å². The van der Waals surface area contributed by atoms with Gasteiger partial charge in [-0.05, 0) is 18.6 Å². The van der Waals surface area contributed by atoms with E-state index in [-0.39, 0.29) is 11.5 Å². The number of hydrogen-bond donors (Lipinski definition) is 3. The third-order valence-electron chi connectivity index (χ3n) is 3.92. The van der Waals surface area contributed by atoms with Gasteiger partial charge in [-0.25, -0.2) is 4.98 Å². The van der Waals surface area contributed by atoms with E-state index in [1.165, 1.54) is 10.6 Å². The number of amides is 1. The predicted molar refractivity (Wildman–Crippen MR) is 80.9 cm³/mol. The molecular weight excluding hydrogens is 284 g/mol. The van der Waals surface area contributed by atoms with Gasteiger partial charge in [0.2, 0.25) is 0 Å².